The van der Waals surface area contributed by atoms with Gasteiger partial charge in [-0.25, -0.2) is 14.4 Å². The third kappa shape index (κ3) is 8.79. The Labute approximate surface area is 318 Å². The fourth-order valence-electron chi connectivity index (χ4n) is 6.21. The second-order valence-electron chi connectivity index (χ2n) is 15.0. The van der Waals surface area contributed by atoms with Crippen LogP contribution in [-0.4, -0.2) is 69.8 Å². The van der Waals surface area contributed by atoms with E-state index in [1.165, 1.54) is 16.7 Å². The fourth-order valence-corrected chi connectivity index (χ4v) is 7.52. The first kappa shape index (κ1) is 38.2. The number of esters is 1. The highest BCUT2D eigenvalue weighted by molar-refractivity contribution is 8.00. The minimum atomic E-state index is -0.931. The van der Waals surface area contributed by atoms with Crippen molar-refractivity contribution in [2.45, 2.75) is 76.7 Å². The quantitative estimate of drug-likeness (QED) is 0.0836. The number of β-lactam (4-membered cyclic amide) rings is 1. The highest BCUT2D eigenvalue weighted by Gasteiger charge is 2.55. The Hall–Kier alpha value is -5.56. The van der Waals surface area contributed by atoms with E-state index in [1.807, 2.05) is 60.7 Å². The zero-order valence-electron chi connectivity index (χ0n) is 31.0. The van der Waals surface area contributed by atoms with Crippen molar-refractivity contribution >= 4 is 47.5 Å². The number of hydrogen-bond acceptors (Lipinski definition) is 10. The molecule has 0 unspecified atom stereocenters. The van der Waals surface area contributed by atoms with Gasteiger partial charge >= 0.3 is 18.2 Å². The standard InChI is InChI=1S/C41H43N3O9S/c1-40(2,3)52-38(48)42-31-35(46)44-32(37(47)51-33(25-14-9-7-10-15-25)26-16-11-8-12-17-26)28(24-54-36(31)44)22-27-20-21-43(34(27)45)29-18-13-19-30(23-29)50-39(49)53-41(4,5)6/h7-19,22-23,31,33,36H,20-21,24H2,1-6H3,(H,42,48)/b27-22+/t31-,36-/m1/s1. The number of nitrogens with zero attached hydrogens (tertiary/aromatic N) is 2. The molecule has 13 heteroatoms. The summed E-state index contributed by atoms with van der Waals surface area (Å²) in [4.78, 5) is 69.9. The minimum Gasteiger partial charge on any atom is -0.448 e. The van der Waals surface area contributed by atoms with E-state index in [1.54, 1.807) is 76.8 Å². The number of alkyl carbamates (subject to hydrolysis) is 1. The van der Waals surface area contributed by atoms with Gasteiger partial charge in [-0.05, 0) is 82.9 Å². The number of ether oxygens (including phenoxy) is 4. The Morgan fingerprint density at radius 2 is 1.48 bits per heavy atom. The number of thioether (sulfide) groups is 1. The molecule has 2 fully saturated rings. The monoisotopic (exact) mass is 753 g/mol. The van der Waals surface area contributed by atoms with E-state index in [2.05, 4.69) is 5.32 Å². The molecule has 6 rings (SSSR count). The number of rotatable bonds is 8. The predicted octanol–water partition coefficient (Wildman–Crippen LogP) is 7.06. The first-order valence-corrected chi connectivity index (χ1v) is 18.6. The van der Waals surface area contributed by atoms with Gasteiger partial charge in [-0.15, -0.1) is 11.8 Å². The van der Waals surface area contributed by atoms with E-state index in [4.69, 9.17) is 18.9 Å². The van der Waals surface area contributed by atoms with Crippen LogP contribution in [0.5, 0.6) is 5.75 Å². The summed E-state index contributed by atoms with van der Waals surface area (Å²) in [6.45, 7) is 10.7. The summed E-state index contributed by atoms with van der Waals surface area (Å²) in [5, 5.41) is 2.05. The molecule has 3 aromatic rings. The van der Waals surface area contributed by atoms with Crippen molar-refractivity contribution in [3.63, 3.8) is 0 Å². The molecule has 0 saturated carbocycles. The Bertz CT molecular complexity index is 1960. The summed E-state index contributed by atoms with van der Waals surface area (Å²) in [6, 6.07) is 24.2. The van der Waals surface area contributed by atoms with Gasteiger partial charge in [0.1, 0.15) is 34.1 Å². The molecule has 12 nitrogen and oxygen atoms in total. The van der Waals surface area contributed by atoms with Gasteiger partial charge in [0.05, 0.1) is 0 Å². The third-order valence-corrected chi connectivity index (χ3v) is 9.79. The van der Waals surface area contributed by atoms with Crippen LogP contribution in [0.25, 0.3) is 0 Å². The third-order valence-electron chi connectivity index (χ3n) is 8.49. The van der Waals surface area contributed by atoms with Crippen LogP contribution in [0.3, 0.4) is 0 Å². The van der Waals surface area contributed by atoms with Crippen LogP contribution < -0.4 is 15.0 Å². The van der Waals surface area contributed by atoms with Gasteiger partial charge in [-0.3, -0.25) is 14.5 Å². The summed E-state index contributed by atoms with van der Waals surface area (Å²) in [5.74, 6) is -1.08. The molecule has 3 aromatic carbocycles. The molecule has 3 aliphatic heterocycles. The lowest BCUT2D eigenvalue weighted by Crippen LogP contribution is -2.70. The average molecular weight is 754 g/mol. The predicted molar refractivity (Wildman–Crippen MR) is 202 cm³/mol. The fraction of sp³-hybridized carbons (Fsp3) is 0.341. The number of carbonyl (C=O) groups excluding carboxylic acids is 5. The zero-order valence-corrected chi connectivity index (χ0v) is 31.8. The number of nitrogens with one attached hydrogen (secondary N) is 1. The highest BCUT2D eigenvalue weighted by atomic mass is 32.2. The molecule has 2 saturated heterocycles. The van der Waals surface area contributed by atoms with Crippen molar-refractivity contribution < 1.29 is 42.9 Å². The van der Waals surface area contributed by atoms with Crippen LogP contribution in [-0.2, 0) is 28.6 Å². The van der Waals surface area contributed by atoms with Gasteiger partial charge in [-0.2, -0.15) is 0 Å². The van der Waals surface area contributed by atoms with Crippen molar-refractivity contribution in [1.29, 1.82) is 0 Å². The van der Waals surface area contributed by atoms with E-state index in [0.29, 0.717) is 29.8 Å². The summed E-state index contributed by atoms with van der Waals surface area (Å²) < 4.78 is 22.3. The van der Waals surface area contributed by atoms with Crippen molar-refractivity contribution in [3.8, 4) is 5.75 Å². The van der Waals surface area contributed by atoms with Crippen LogP contribution in [0.4, 0.5) is 15.3 Å². The lowest BCUT2D eigenvalue weighted by molar-refractivity contribution is -0.153. The first-order chi connectivity index (χ1) is 25.6. The topological polar surface area (TPSA) is 141 Å². The number of amides is 3. The number of anilines is 1. The first-order valence-electron chi connectivity index (χ1n) is 17.6. The Balaban J connectivity index is 1.30. The summed E-state index contributed by atoms with van der Waals surface area (Å²) in [5.41, 5.74) is 1.34. The highest BCUT2D eigenvalue weighted by Crippen LogP contribution is 2.43. The van der Waals surface area contributed by atoms with Gasteiger partial charge < -0.3 is 29.2 Å². The van der Waals surface area contributed by atoms with Crippen molar-refractivity contribution in [1.82, 2.24) is 10.2 Å². The number of allylic oxidation sites excluding steroid dienone is 1. The van der Waals surface area contributed by atoms with E-state index >= 15 is 0 Å². The molecule has 282 valence electrons. The second kappa shape index (κ2) is 15.4. The van der Waals surface area contributed by atoms with E-state index in [0.717, 1.165) is 11.1 Å². The van der Waals surface area contributed by atoms with Gasteiger partial charge in [-0.1, -0.05) is 66.7 Å². The van der Waals surface area contributed by atoms with Crippen LogP contribution >= 0.6 is 11.8 Å². The normalized spacial score (nSPS) is 19.4. The molecule has 1 N–H and O–H groups in total. The maximum absolute atomic E-state index is 14.4. The lowest BCUT2D eigenvalue weighted by atomic mass is 10.00. The summed E-state index contributed by atoms with van der Waals surface area (Å²) >= 11 is 1.36. The molecule has 0 spiro atoms. The molecule has 0 bridgehead atoms. The molecule has 0 radical (unpaired) electrons. The number of carbonyl (C=O) groups is 5. The van der Waals surface area contributed by atoms with Crippen LogP contribution in [0.1, 0.15) is 65.2 Å². The van der Waals surface area contributed by atoms with Gasteiger partial charge in [0.2, 0.25) is 0 Å². The SMILES string of the molecule is CC(C)(C)OC(=O)N[C@@H]1C(=O)N2C(C(=O)OC(c3ccccc3)c3ccccc3)=C(/C=C3\CCN(c4cccc(OC(=O)OC(C)(C)C)c4)C3=O)CS[C@H]12. The van der Waals surface area contributed by atoms with Crippen molar-refractivity contribution in [2.75, 3.05) is 17.2 Å². The molecule has 2 atom stereocenters. The Kier molecular flexibility index (Phi) is 10.9. The number of fused-ring (bicyclic) bond motifs is 1. The molecule has 3 aliphatic rings. The number of benzene rings is 3. The van der Waals surface area contributed by atoms with E-state index in [9.17, 15) is 24.0 Å². The average Bonchev–Trinajstić information content (AvgIpc) is 3.47. The maximum atomic E-state index is 14.4. The van der Waals surface area contributed by atoms with E-state index < -0.39 is 52.8 Å². The molecule has 3 amide bonds. The summed E-state index contributed by atoms with van der Waals surface area (Å²) in [7, 11) is 0. The Morgan fingerprint density at radius 1 is 0.852 bits per heavy atom. The Morgan fingerprint density at radius 3 is 2.09 bits per heavy atom. The van der Waals surface area contributed by atoms with Crippen LogP contribution in [0.2, 0.25) is 0 Å². The molecular weight excluding hydrogens is 711 g/mol. The minimum absolute atomic E-state index is 0.00867. The van der Waals surface area contributed by atoms with Crippen LogP contribution in [0.15, 0.2) is 108 Å². The smallest absolute Gasteiger partial charge is 0.448 e. The molecule has 0 aromatic heterocycles. The number of hydrogen-bond donors (Lipinski definition) is 1. The zero-order chi connectivity index (χ0) is 38.8. The van der Waals surface area contributed by atoms with Crippen LogP contribution in [0, 0.1) is 0 Å². The van der Waals surface area contributed by atoms with Gasteiger partial charge in [0, 0.05) is 29.6 Å². The lowest BCUT2D eigenvalue weighted by Gasteiger charge is -2.49. The largest absolute Gasteiger partial charge is 0.514 e. The second-order valence-corrected chi connectivity index (χ2v) is 16.1. The van der Waals surface area contributed by atoms with Gasteiger partial charge in [0.15, 0.2) is 6.10 Å². The summed E-state index contributed by atoms with van der Waals surface area (Å²) in [6.07, 6.45) is -0.389. The van der Waals surface area contributed by atoms with Gasteiger partial charge in [0.25, 0.3) is 11.8 Å². The molecule has 54 heavy (non-hydrogen) atoms. The maximum Gasteiger partial charge on any atom is 0.514 e. The molecule has 3 heterocycles. The van der Waals surface area contributed by atoms with E-state index in [-0.39, 0.29) is 23.1 Å². The van der Waals surface area contributed by atoms with Crippen molar-refractivity contribution in [3.05, 3.63) is 119 Å². The van der Waals surface area contributed by atoms with Crippen molar-refractivity contribution in [2.24, 2.45) is 0 Å². The molecule has 0 aliphatic carbocycles. The molecular formula is C41H43N3O9S.